The number of piperidine rings is 1. The lowest BCUT2D eigenvalue weighted by molar-refractivity contribution is -0.140. The highest BCUT2D eigenvalue weighted by Gasteiger charge is 2.56. The predicted octanol–water partition coefficient (Wildman–Crippen LogP) is 2.77. The topological polar surface area (TPSA) is 71.5 Å². The Hall–Kier alpha value is -2.47. The Balaban J connectivity index is 1.16. The van der Waals surface area contributed by atoms with Crippen LogP contribution in [0.3, 0.4) is 0 Å². The van der Waals surface area contributed by atoms with Crippen molar-refractivity contribution in [1.82, 2.24) is 15.2 Å². The highest BCUT2D eigenvalue weighted by molar-refractivity contribution is 5.96. The molecule has 6 nitrogen and oxygen atoms in total. The third-order valence-corrected chi connectivity index (χ3v) is 7.00. The molecule has 6 heteroatoms. The van der Waals surface area contributed by atoms with Crippen LogP contribution in [0.2, 0.25) is 0 Å². The van der Waals surface area contributed by atoms with E-state index < -0.39 is 0 Å². The molecule has 0 bridgehead atoms. The fourth-order valence-corrected chi connectivity index (χ4v) is 4.92. The van der Waals surface area contributed by atoms with Crippen molar-refractivity contribution in [3.8, 4) is 0 Å². The number of carbonyl (C=O) groups excluding carboxylic acids is 2. The number of rotatable bonds is 3. The lowest BCUT2D eigenvalue weighted by Gasteiger charge is -2.36. The molecule has 1 aliphatic carbocycles. The van der Waals surface area contributed by atoms with E-state index in [0.717, 1.165) is 56.0 Å². The highest BCUT2D eigenvalue weighted by atomic mass is 16.5. The third kappa shape index (κ3) is 3.62. The molecule has 2 saturated heterocycles. The summed E-state index contributed by atoms with van der Waals surface area (Å²) in [6.07, 6.45) is 6.39. The number of likely N-dealkylation sites (tertiary alicyclic amines) is 1. The lowest BCUT2D eigenvalue weighted by atomic mass is 9.90. The summed E-state index contributed by atoms with van der Waals surface area (Å²) in [5, 5.41) is 5.24. The van der Waals surface area contributed by atoms with Gasteiger partial charge in [-0.15, -0.1) is 0 Å². The fourth-order valence-electron chi connectivity index (χ4n) is 4.92. The lowest BCUT2D eigenvalue weighted by Crippen LogP contribution is -2.45. The maximum absolute atomic E-state index is 12.7. The van der Waals surface area contributed by atoms with Gasteiger partial charge < -0.3 is 15.0 Å². The molecule has 0 radical (unpaired) electrons. The Labute approximate surface area is 170 Å². The number of hydrogen-bond acceptors (Lipinski definition) is 4. The van der Waals surface area contributed by atoms with E-state index in [1.54, 1.807) is 6.20 Å². The molecule has 1 N–H and O–H groups in total. The summed E-state index contributed by atoms with van der Waals surface area (Å²) in [7, 11) is 0. The van der Waals surface area contributed by atoms with Gasteiger partial charge in [-0.3, -0.25) is 14.6 Å². The summed E-state index contributed by atoms with van der Waals surface area (Å²) in [6, 6.07) is 9.98. The average Bonchev–Trinajstić information content (AvgIpc) is 3.44. The molecule has 3 fully saturated rings. The smallest absolute Gasteiger partial charge is 0.270 e. The number of nitrogens with zero attached hydrogens (tertiary/aromatic N) is 2. The predicted molar refractivity (Wildman–Crippen MR) is 109 cm³/mol. The Morgan fingerprint density at radius 3 is 2.59 bits per heavy atom. The first-order chi connectivity index (χ1) is 14.1. The number of nitrogens with one attached hydrogen (secondary N) is 1. The second-order valence-electron chi connectivity index (χ2n) is 8.72. The van der Waals surface area contributed by atoms with Crippen LogP contribution in [0.5, 0.6) is 0 Å². The number of ether oxygens (including phenoxy) is 1. The van der Waals surface area contributed by atoms with Gasteiger partial charge in [-0.2, -0.15) is 0 Å². The van der Waals surface area contributed by atoms with Gasteiger partial charge in [0.1, 0.15) is 5.69 Å². The number of hydrogen-bond donors (Lipinski definition) is 1. The van der Waals surface area contributed by atoms with E-state index in [9.17, 15) is 9.59 Å². The Bertz CT molecular complexity index is 930. The summed E-state index contributed by atoms with van der Waals surface area (Å²) in [4.78, 5) is 31.8. The number of carbonyl (C=O) groups is 2. The van der Waals surface area contributed by atoms with Gasteiger partial charge in [0, 0.05) is 49.8 Å². The number of fused-ring (bicyclic) bond motifs is 1. The Morgan fingerprint density at radius 1 is 1.10 bits per heavy atom. The first-order valence-electron chi connectivity index (χ1n) is 10.7. The quantitative estimate of drug-likeness (QED) is 0.870. The molecule has 152 valence electrons. The van der Waals surface area contributed by atoms with Crippen molar-refractivity contribution in [2.75, 3.05) is 26.3 Å². The molecule has 1 aromatic carbocycles. The maximum atomic E-state index is 12.7. The van der Waals surface area contributed by atoms with Gasteiger partial charge in [0.05, 0.1) is 0 Å². The van der Waals surface area contributed by atoms with E-state index in [2.05, 4.69) is 10.3 Å². The molecular weight excluding hydrogens is 366 g/mol. The first-order valence-corrected chi connectivity index (χ1v) is 10.7. The zero-order valence-electron chi connectivity index (χ0n) is 16.6. The SMILES string of the molecule is O=C(NC1CC12CCN(C(=O)C1CCOCC1)CC2)c1cc2ccccc2cn1. The van der Waals surface area contributed by atoms with Crippen LogP contribution >= 0.6 is 0 Å². The second kappa shape index (κ2) is 7.41. The largest absolute Gasteiger partial charge is 0.381 e. The molecule has 3 heterocycles. The number of amides is 2. The van der Waals surface area contributed by atoms with E-state index in [1.165, 1.54) is 0 Å². The van der Waals surface area contributed by atoms with E-state index >= 15 is 0 Å². The van der Waals surface area contributed by atoms with E-state index in [4.69, 9.17) is 4.74 Å². The normalized spacial score (nSPS) is 23.9. The molecule has 1 spiro atoms. The molecule has 1 aromatic heterocycles. The van der Waals surface area contributed by atoms with Crippen LogP contribution in [0.1, 0.15) is 42.6 Å². The molecule has 1 unspecified atom stereocenters. The summed E-state index contributed by atoms with van der Waals surface area (Å²) >= 11 is 0. The van der Waals surface area contributed by atoms with E-state index in [0.29, 0.717) is 24.8 Å². The molecular formula is C23H27N3O3. The summed E-state index contributed by atoms with van der Waals surface area (Å²) in [5.41, 5.74) is 0.636. The van der Waals surface area contributed by atoms with Gasteiger partial charge in [0.2, 0.25) is 5.91 Å². The van der Waals surface area contributed by atoms with Crippen LogP contribution in [-0.4, -0.2) is 54.0 Å². The minimum atomic E-state index is -0.0988. The minimum absolute atomic E-state index is 0.0988. The average molecular weight is 393 g/mol. The van der Waals surface area contributed by atoms with Crippen molar-refractivity contribution >= 4 is 22.6 Å². The van der Waals surface area contributed by atoms with Gasteiger partial charge in [-0.05, 0) is 49.0 Å². The van der Waals surface area contributed by atoms with Gasteiger partial charge in [-0.1, -0.05) is 24.3 Å². The van der Waals surface area contributed by atoms with Crippen molar-refractivity contribution in [1.29, 1.82) is 0 Å². The monoisotopic (exact) mass is 393 g/mol. The van der Waals surface area contributed by atoms with Gasteiger partial charge >= 0.3 is 0 Å². The van der Waals surface area contributed by atoms with Crippen LogP contribution in [0.25, 0.3) is 10.8 Å². The molecule has 29 heavy (non-hydrogen) atoms. The standard InChI is InChI=1S/C23H27N3O3/c27-21(19-13-17-3-1-2-4-18(17)15-24-19)25-20-14-23(20)7-9-26(10-8-23)22(28)16-5-11-29-12-6-16/h1-4,13,15-16,20H,5-12,14H2,(H,25,27). The van der Waals surface area contributed by atoms with E-state index in [1.807, 2.05) is 35.2 Å². The van der Waals surface area contributed by atoms with Crippen LogP contribution < -0.4 is 5.32 Å². The number of pyridine rings is 1. The van der Waals surface area contributed by atoms with Gasteiger partial charge in [0.25, 0.3) is 5.91 Å². The van der Waals surface area contributed by atoms with Crippen molar-refractivity contribution < 1.29 is 14.3 Å². The van der Waals surface area contributed by atoms with Crippen LogP contribution in [0.4, 0.5) is 0 Å². The molecule has 1 saturated carbocycles. The summed E-state index contributed by atoms with van der Waals surface area (Å²) < 4.78 is 5.38. The maximum Gasteiger partial charge on any atom is 0.270 e. The molecule has 5 rings (SSSR count). The van der Waals surface area contributed by atoms with Crippen LogP contribution in [0, 0.1) is 11.3 Å². The van der Waals surface area contributed by atoms with Crippen LogP contribution in [0.15, 0.2) is 36.5 Å². The molecule has 2 aromatic rings. The van der Waals surface area contributed by atoms with E-state index in [-0.39, 0.29) is 23.3 Å². The summed E-state index contributed by atoms with van der Waals surface area (Å²) in [5.74, 6) is 0.328. The van der Waals surface area contributed by atoms with Crippen molar-refractivity contribution in [3.05, 3.63) is 42.2 Å². The molecule has 3 aliphatic rings. The third-order valence-electron chi connectivity index (χ3n) is 7.00. The zero-order chi connectivity index (χ0) is 19.8. The van der Waals surface area contributed by atoms with Crippen molar-refractivity contribution in [2.24, 2.45) is 11.3 Å². The Morgan fingerprint density at radius 2 is 1.83 bits per heavy atom. The molecule has 2 amide bonds. The fraction of sp³-hybridized carbons (Fsp3) is 0.522. The second-order valence-corrected chi connectivity index (χ2v) is 8.72. The van der Waals surface area contributed by atoms with Crippen LogP contribution in [-0.2, 0) is 9.53 Å². The highest BCUT2D eigenvalue weighted by Crippen LogP contribution is 2.54. The Kier molecular flexibility index (Phi) is 4.74. The number of aromatic nitrogens is 1. The zero-order valence-corrected chi connectivity index (χ0v) is 16.6. The molecule has 2 aliphatic heterocycles. The van der Waals surface area contributed by atoms with Gasteiger partial charge in [-0.25, -0.2) is 0 Å². The summed E-state index contributed by atoms with van der Waals surface area (Å²) in [6.45, 7) is 3.00. The number of benzene rings is 1. The van der Waals surface area contributed by atoms with Gasteiger partial charge in [0.15, 0.2) is 0 Å². The van der Waals surface area contributed by atoms with Crippen molar-refractivity contribution in [3.63, 3.8) is 0 Å². The van der Waals surface area contributed by atoms with Crippen molar-refractivity contribution in [2.45, 2.75) is 38.1 Å². The molecule has 1 atom stereocenters. The minimum Gasteiger partial charge on any atom is -0.381 e. The first kappa shape index (κ1) is 18.6.